The molecule has 9 heteroatoms. The zero-order valence-corrected chi connectivity index (χ0v) is 17.9. The number of primary sulfonamides is 1. The second kappa shape index (κ2) is 7.80. The number of benzene rings is 3. The minimum absolute atomic E-state index is 0.0950. The van der Waals surface area contributed by atoms with Crippen LogP contribution < -0.4 is 10.5 Å². The molecule has 0 atom stereocenters. The summed E-state index contributed by atoms with van der Waals surface area (Å²) in [6, 6.07) is 19.5. The fraction of sp³-hybridized carbons (Fsp3) is 0. The maximum Gasteiger partial charge on any atom is 0.256 e. The molecule has 0 saturated heterocycles. The smallest absolute Gasteiger partial charge is 0.256 e. The van der Waals surface area contributed by atoms with Gasteiger partial charge in [-0.05, 0) is 60.7 Å². The van der Waals surface area contributed by atoms with Gasteiger partial charge in [-0.2, -0.15) is 5.10 Å². The summed E-state index contributed by atoms with van der Waals surface area (Å²) >= 11 is 0. The van der Waals surface area contributed by atoms with E-state index >= 15 is 0 Å². The molecule has 0 radical (unpaired) electrons. The Morgan fingerprint density at radius 2 is 1.73 bits per heavy atom. The van der Waals surface area contributed by atoms with Gasteiger partial charge in [0.1, 0.15) is 5.82 Å². The predicted molar refractivity (Wildman–Crippen MR) is 123 cm³/mol. The van der Waals surface area contributed by atoms with Gasteiger partial charge in [0.15, 0.2) is 0 Å². The number of carbonyl (C=O) groups excluding carboxylic acids is 1. The van der Waals surface area contributed by atoms with Crippen LogP contribution in [0.3, 0.4) is 0 Å². The van der Waals surface area contributed by atoms with Gasteiger partial charge in [0.25, 0.3) is 5.91 Å². The fourth-order valence-electron chi connectivity index (χ4n) is 3.68. The van der Waals surface area contributed by atoms with E-state index in [4.69, 9.17) is 5.14 Å². The molecule has 0 spiro atoms. The number of rotatable bonds is 4. The number of nitrogens with zero attached hydrogens (tertiary/aromatic N) is 2. The Bertz CT molecular complexity index is 1530. The minimum atomic E-state index is -3.94. The Balaban J connectivity index is 1.69. The van der Waals surface area contributed by atoms with E-state index in [1.165, 1.54) is 30.3 Å². The number of para-hydroxylation sites is 1. The normalized spacial score (nSPS) is 14.4. The molecule has 0 bridgehead atoms. The summed E-state index contributed by atoms with van der Waals surface area (Å²) in [5.74, 6) is -0.755. The Labute approximate surface area is 189 Å². The zero-order valence-electron chi connectivity index (χ0n) is 17.1. The van der Waals surface area contributed by atoms with Crippen LogP contribution in [0.1, 0.15) is 11.1 Å². The molecule has 5 rings (SSSR count). The third-order valence-corrected chi connectivity index (χ3v) is 6.19. The first-order chi connectivity index (χ1) is 15.8. The molecule has 1 aromatic heterocycles. The summed E-state index contributed by atoms with van der Waals surface area (Å²) in [6.07, 6.45) is 3.40. The van der Waals surface area contributed by atoms with Crippen LogP contribution in [0, 0.1) is 5.82 Å². The average molecular weight is 460 g/mol. The van der Waals surface area contributed by atoms with Gasteiger partial charge in [-0.1, -0.05) is 18.2 Å². The van der Waals surface area contributed by atoms with Crippen LogP contribution in [0.5, 0.6) is 0 Å². The van der Waals surface area contributed by atoms with Gasteiger partial charge in [0.2, 0.25) is 10.0 Å². The molecule has 1 aliphatic heterocycles. The highest BCUT2D eigenvalue weighted by Gasteiger charge is 2.27. The summed E-state index contributed by atoms with van der Waals surface area (Å²) in [5.41, 5.74) is 3.78. The molecule has 2 heterocycles. The molecule has 3 N–H and O–H groups in total. The summed E-state index contributed by atoms with van der Waals surface area (Å²) in [6.45, 7) is 0. The van der Waals surface area contributed by atoms with Crippen LogP contribution in [0.2, 0.25) is 0 Å². The van der Waals surface area contributed by atoms with Crippen molar-refractivity contribution in [2.75, 3.05) is 5.32 Å². The number of nitrogens with one attached hydrogen (secondary N) is 1. The number of fused-ring (bicyclic) bond motifs is 1. The lowest BCUT2D eigenvalue weighted by Crippen LogP contribution is -2.12. The van der Waals surface area contributed by atoms with E-state index in [-0.39, 0.29) is 22.2 Å². The van der Waals surface area contributed by atoms with Crippen molar-refractivity contribution in [2.24, 2.45) is 5.14 Å². The highest BCUT2D eigenvalue weighted by Crippen LogP contribution is 2.36. The van der Waals surface area contributed by atoms with Crippen molar-refractivity contribution in [3.05, 3.63) is 95.9 Å². The SMILES string of the molecule is NS(=O)(=O)c1ccc2c(c1)/C(=C/c1cn(-c3ccccc3)nc1-c1ccc(F)cc1)C(=O)N2. The molecular weight excluding hydrogens is 443 g/mol. The lowest BCUT2D eigenvalue weighted by molar-refractivity contribution is -0.110. The van der Waals surface area contributed by atoms with Crippen LogP contribution >= 0.6 is 0 Å². The first-order valence-electron chi connectivity index (χ1n) is 9.91. The van der Waals surface area contributed by atoms with E-state index in [1.807, 2.05) is 30.3 Å². The maximum absolute atomic E-state index is 13.5. The van der Waals surface area contributed by atoms with Crippen LogP contribution in [0.15, 0.2) is 83.9 Å². The molecule has 0 saturated carbocycles. The molecule has 1 amide bonds. The lowest BCUT2D eigenvalue weighted by Gasteiger charge is -2.03. The molecule has 0 aliphatic carbocycles. The van der Waals surface area contributed by atoms with E-state index < -0.39 is 10.0 Å². The summed E-state index contributed by atoms with van der Waals surface area (Å²) < 4.78 is 38.8. The largest absolute Gasteiger partial charge is 0.321 e. The summed E-state index contributed by atoms with van der Waals surface area (Å²) in [4.78, 5) is 12.6. The Morgan fingerprint density at radius 3 is 2.42 bits per heavy atom. The molecule has 33 heavy (non-hydrogen) atoms. The van der Waals surface area contributed by atoms with Crippen LogP contribution in [0.4, 0.5) is 10.1 Å². The molecule has 0 fully saturated rings. The van der Waals surface area contributed by atoms with Gasteiger partial charge in [-0.25, -0.2) is 22.6 Å². The second-order valence-electron chi connectivity index (χ2n) is 7.48. The van der Waals surface area contributed by atoms with Crippen molar-refractivity contribution < 1.29 is 17.6 Å². The minimum Gasteiger partial charge on any atom is -0.321 e. The van der Waals surface area contributed by atoms with Gasteiger partial charge in [0.05, 0.1) is 16.3 Å². The van der Waals surface area contributed by atoms with Crippen molar-refractivity contribution in [3.63, 3.8) is 0 Å². The van der Waals surface area contributed by atoms with E-state index in [0.717, 1.165) is 5.69 Å². The number of aromatic nitrogens is 2. The number of carbonyl (C=O) groups is 1. The first-order valence-corrected chi connectivity index (χ1v) is 11.5. The number of halogens is 1. The molecule has 4 aromatic rings. The number of anilines is 1. The number of sulfonamides is 1. The standard InChI is InChI=1S/C24H17FN4O3S/c25-17-8-6-15(7-9-17)23-16(14-29(28-23)18-4-2-1-3-5-18)12-21-20-13-19(33(26,31)32)10-11-22(20)27-24(21)30/h1-14H,(H,27,30)(H2,26,31,32)/b21-12-. The third-order valence-electron chi connectivity index (χ3n) is 5.28. The maximum atomic E-state index is 13.5. The highest BCUT2D eigenvalue weighted by atomic mass is 32.2. The Hall–Kier alpha value is -4.08. The van der Waals surface area contributed by atoms with Gasteiger partial charge < -0.3 is 5.32 Å². The van der Waals surface area contributed by atoms with Gasteiger partial charge in [0, 0.05) is 34.1 Å². The molecule has 7 nitrogen and oxygen atoms in total. The van der Waals surface area contributed by atoms with Crippen LogP contribution in [-0.4, -0.2) is 24.1 Å². The van der Waals surface area contributed by atoms with E-state index in [0.29, 0.717) is 28.1 Å². The van der Waals surface area contributed by atoms with Crippen molar-refractivity contribution in [2.45, 2.75) is 4.90 Å². The van der Waals surface area contributed by atoms with Crippen molar-refractivity contribution in [1.29, 1.82) is 0 Å². The lowest BCUT2D eigenvalue weighted by atomic mass is 10.0. The van der Waals surface area contributed by atoms with Crippen molar-refractivity contribution >= 4 is 33.3 Å². The topological polar surface area (TPSA) is 107 Å². The average Bonchev–Trinajstić information content (AvgIpc) is 3.35. The first kappa shape index (κ1) is 20.8. The van der Waals surface area contributed by atoms with E-state index in [2.05, 4.69) is 10.4 Å². The second-order valence-corrected chi connectivity index (χ2v) is 9.05. The third kappa shape index (κ3) is 3.95. The van der Waals surface area contributed by atoms with E-state index in [1.54, 1.807) is 29.1 Å². The highest BCUT2D eigenvalue weighted by molar-refractivity contribution is 7.89. The Kier molecular flexibility index (Phi) is 4.92. The quantitative estimate of drug-likeness (QED) is 0.452. The predicted octanol–water partition coefficient (Wildman–Crippen LogP) is 3.82. The molecule has 164 valence electrons. The van der Waals surface area contributed by atoms with Crippen LogP contribution in [-0.2, 0) is 14.8 Å². The number of amides is 1. The number of hydrogen-bond acceptors (Lipinski definition) is 4. The fourth-order valence-corrected chi connectivity index (χ4v) is 4.22. The van der Waals surface area contributed by atoms with Gasteiger partial charge in [-0.3, -0.25) is 4.79 Å². The molecule has 3 aromatic carbocycles. The summed E-state index contributed by atoms with van der Waals surface area (Å²) in [7, 11) is -3.94. The number of hydrogen-bond donors (Lipinski definition) is 2. The van der Waals surface area contributed by atoms with E-state index in [9.17, 15) is 17.6 Å². The molecule has 0 unspecified atom stereocenters. The Morgan fingerprint density at radius 1 is 1.00 bits per heavy atom. The van der Waals surface area contributed by atoms with Gasteiger partial charge >= 0.3 is 0 Å². The zero-order chi connectivity index (χ0) is 23.2. The van der Waals surface area contributed by atoms with Crippen molar-refractivity contribution in [1.82, 2.24) is 9.78 Å². The number of nitrogens with two attached hydrogens (primary N) is 1. The van der Waals surface area contributed by atoms with Crippen molar-refractivity contribution in [3.8, 4) is 16.9 Å². The monoisotopic (exact) mass is 460 g/mol. The van der Waals surface area contributed by atoms with Gasteiger partial charge in [-0.15, -0.1) is 0 Å². The van der Waals surface area contributed by atoms with Crippen LogP contribution in [0.25, 0.3) is 28.6 Å². The molecular formula is C24H17FN4O3S. The molecule has 1 aliphatic rings. The summed E-state index contributed by atoms with van der Waals surface area (Å²) in [5, 5.41) is 12.7.